The van der Waals surface area contributed by atoms with E-state index >= 15 is 0 Å². The summed E-state index contributed by atoms with van der Waals surface area (Å²) in [6, 6.07) is 13.9. The van der Waals surface area contributed by atoms with Crippen LogP contribution in [0.2, 0.25) is 0 Å². The van der Waals surface area contributed by atoms with Crippen LogP contribution < -0.4 is 11.1 Å². The number of nitrogens with two attached hydrogens (primary N) is 1. The summed E-state index contributed by atoms with van der Waals surface area (Å²) in [6.45, 7) is 5.61. The van der Waals surface area contributed by atoms with Crippen LogP contribution in [-0.2, 0) is 9.53 Å². The number of hydrogen-bond donors (Lipinski definition) is 2. The van der Waals surface area contributed by atoms with Gasteiger partial charge in [0.1, 0.15) is 0 Å². The average molecular weight is 407 g/mol. The molecule has 1 fully saturated rings. The molecule has 3 N–H and O–H groups in total. The summed E-state index contributed by atoms with van der Waals surface area (Å²) in [5, 5.41) is 2.93. The Morgan fingerprint density at radius 1 is 1.15 bits per heavy atom. The first kappa shape index (κ1) is 21.8. The van der Waals surface area contributed by atoms with Crippen molar-refractivity contribution in [2.45, 2.75) is 42.5 Å². The predicted molar refractivity (Wildman–Crippen MR) is 114 cm³/mol. The minimum Gasteiger partial charge on any atom is -0.381 e. The Balaban J connectivity index is 0.00000261. The molecule has 27 heavy (non-hydrogen) atoms. The number of halogens is 1. The molecule has 0 radical (unpaired) electrons. The van der Waals surface area contributed by atoms with E-state index in [1.54, 1.807) is 11.8 Å². The molecule has 3 rings (SSSR count). The van der Waals surface area contributed by atoms with Gasteiger partial charge in [-0.05, 0) is 68.5 Å². The molecule has 6 heteroatoms. The summed E-state index contributed by atoms with van der Waals surface area (Å²) in [7, 11) is 0. The molecule has 1 unspecified atom stereocenters. The van der Waals surface area contributed by atoms with Crippen molar-refractivity contribution < 1.29 is 9.53 Å². The van der Waals surface area contributed by atoms with Crippen LogP contribution in [0.5, 0.6) is 0 Å². The number of benzene rings is 2. The SMILES string of the molecule is Cc1ccc(Sc2ccc(NC(=O)C(N)C3CCOCC3)cc2)c(C)c1.Cl. The van der Waals surface area contributed by atoms with Gasteiger partial charge in [-0.1, -0.05) is 29.5 Å². The highest BCUT2D eigenvalue weighted by molar-refractivity contribution is 7.99. The van der Waals surface area contributed by atoms with Crippen LogP contribution in [0, 0.1) is 19.8 Å². The molecular weight excluding hydrogens is 380 g/mol. The third kappa shape index (κ3) is 5.98. The summed E-state index contributed by atoms with van der Waals surface area (Å²) in [4.78, 5) is 14.8. The average Bonchev–Trinajstić information content (AvgIpc) is 2.65. The van der Waals surface area contributed by atoms with Crippen LogP contribution in [0.1, 0.15) is 24.0 Å². The molecule has 0 aliphatic carbocycles. The van der Waals surface area contributed by atoms with Gasteiger partial charge < -0.3 is 15.8 Å². The van der Waals surface area contributed by atoms with Crippen molar-refractivity contribution in [2.75, 3.05) is 18.5 Å². The molecule has 0 aromatic heterocycles. The first-order valence-electron chi connectivity index (χ1n) is 9.02. The molecule has 2 aromatic rings. The van der Waals surface area contributed by atoms with Gasteiger partial charge in [0.2, 0.25) is 5.91 Å². The molecular formula is C21H27ClN2O2S. The quantitative estimate of drug-likeness (QED) is 0.763. The van der Waals surface area contributed by atoms with Crippen molar-refractivity contribution >= 4 is 35.8 Å². The van der Waals surface area contributed by atoms with Crippen LogP contribution in [0.3, 0.4) is 0 Å². The minimum atomic E-state index is -0.483. The highest BCUT2D eigenvalue weighted by atomic mass is 35.5. The molecule has 1 atom stereocenters. The Labute approximate surface area is 171 Å². The number of carbonyl (C=O) groups is 1. The number of carbonyl (C=O) groups excluding carboxylic acids is 1. The Bertz CT molecular complexity index is 761. The van der Waals surface area contributed by atoms with E-state index in [2.05, 4.69) is 37.4 Å². The fourth-order valence-electron chi connectivity index (χ4n) is 3.16. The molecule has 146 valence electrons. The maximum atomic E-state index is 12.4. The van der Waals surface area contributed by atoms with Crippen molar-refractivity contribution in [3.8, 4) is 0 Å². The van der Waals surface area contributed by atoms with Crippen molar-refractivity contribution in [3.63, 3.8) is 0 Å². The second-order valence-corrected chi connectivity index (χ2v) is 7.98. The lowest BCUT2D eigenvalue weighted by Gasteiger charge is -2.26. The number of ether oxygens (including phenoxy) is 1. The summed E-state index contributed by atoms with van der Waals surface area (Å²) >= 11 is 1.73. The molecule has 0 bridgehead atoms. The number of aryl methyl sites for hydroxylation is 2. The highest BCUT2D eigenvalue weighted by Crippen LogP contribution is 2.31. The van der Waals surface area contributed by atoms with E-state index < -0.39 is 6.04 Å². The van der Waals surface area contributed by atoms with Gasteiger partial charge in [-0.15, -0.1) is 12.4 Å². The maximum absolute atomic E-state index is 12.4. The van der Waals surface area contributed by atoms with Crippen molar-refractivity contribution in [1.82, 2.24) is 0 Å². The molecule has 1 aliphatic rings. The standard InChI is InChI=1S/C21H26N2O2S.ClH/c1-14-3-8-19(15(2)13-14)26-18-6-4-17(5-7-18)23-21(24)20(22)16-9-11-25-12-10-16;/h3-8,13,16,20H,9-12,22H2,1-2H3,(H,23,24);1H. The third-order valence-electron chi connectivity index (χ3n) is 4.76. The number of amides is 1. The number of hydrogen-bond acceptors (Lipinski definition) is 4. The first-order chi connectivity index (χ1) is 12.5. The van der Waals surface area contributed by atoms with Gasteiger partial charge in [-0.3, -0.25) is 4.79 Å². The van der Waals surface area contributed by atoms with Gasteiger partial charge >= 0.3 is 0 Å². The van der Waals surface area contributed by atoms with E-state index in [4.69, 9.17) is 10.5 Å². The van der Waals surface area contributed by atoms with E-state index in [1.165, 1.54) is 16.0 Å². The van der Waals surface area contributed by atoms with E-state index in [0.29, 0.717) is 13.2 Å². The number of nitrogens with one attached hydrogen (secondary N) is 1. The van der Waals surface area contributed by atoms with Crippen molar-refractivity contribution in [3.05, 3.63) is 53.6 Å². The lowest BCUT2D eigenvalue weighted by molar-refractivity contribution is -0.119. The predicted octanol–water partition coefficient (Wildman–Crippen LogP) is 4.57. The second kappa shape index (κ2) is 10.1. The van der Waals surface area contributed by atoms with Gasteiger partial charge in [0.15, 0.2) is 0 Å². The summed E-state index contributed by atoms with van der Waals surface area (Å²) in [5.74, 6) is 0.0785. The maximum Gasteiger partial charge on any atom is 0.241 e. The molecule has 1 saturated heterocycles. The fourth-order valence-corrected chi connectivity index (χ4v) is 4.04. The number of anilines is 1. The molecule has 0 saturated carbocycles. The zero-order valence-electron chi connectivity index (χ0n) is 15.7. The smallest absolute Gasteiger partial charge is 0.241 e. The van der Waals surface area contributed by atoms with E-state index in [9.17, 15) is 4.79 Å². The van der Waals surface area contributed by atoms with Crippen LogP contribution in [0.4, 0.5) is 5.69 Å². The van der Waals surface area contributed by atoms with Gasteiger partial charge in [-0.25, -0.2) is 0 Å². The lowest BCUT2D eigenvalue weighted by atomic mass is 9.92. The Hall–Kier alpha value is -1.53. The van der Waals surface area contributed by atoms with E-state index in [1.807, 2.05) is 24.3 Å². The Kier molecular flexibility index (Phi) is 8.17. The third-order valence-corrected chi connectivity index (χ3v) is 5.94. The van der Waals surface area contributed by atoms with Gasteiger partial charge in [0.05, 0.1) is 6.04 Å². The van der Waals surface area contributed by atoms with E-state index in [0.717, 1.165) is 23.4 Å². The molecule has 1 aliphatic heterocycles. The first-order valence-corrected chi connectivity index (χ1v) is 9.84. The Morgan fingerprint density at radius 3 is 2.44 bits per heavy atom. The second-order valence-electron chi connectivity index (χ2n) is 6.86. The zero-order chi connectivity index (χ0) is 18.5. The summed E-state index contributed by atoms with van der Waals surface area (Å²) in [5.41, 5.74) is 9.45. The van der Waals surface area contributed by atoms with Crippen LogP contribution in [0.15, 0.2) is 52.3 Å². The van der Waals surface area contributed by atoms with Crippen molar-refractivity contribution in [2.24, 2.45) is 11.7 Å². The molecule has 4 nitrogen and oxygen atoms in total. The van der Waals surface area contributed by atoms with Crippen LogP contribution in [0.25, 0.3) is 0 Å². The highest BCUT2D eigenvalue weighted by Gasteiger charge is 2.26. The summed E-state index contributed by atoms with van der Waals surface area (Å²) < 4.78 is 5.34. The molecule has 1 amide bonds. The van der Waals surface area contributed by atoms with E-state index in [-0.39, 0.29) is 24.2 Å². The molecule has 2 aromatic carbocycles. The molecule has 0 spiro atoms. The fraction of sp³-hybridized carbons (Fsp3) is 0.381. The monoisotopic (exact) mass is 406 g/mol. The minimum absolute atomic E-state index is 0. The van der Waals surface area contributed by atoms with Crippen LogP contribution in [-0.4, -0.2) is 25.2 Å². The van der Waals surface area contributed by atoms with Crippen LogP contribution >= 0.6 is 24.2 Å². The summed E-state index contributed by atoms with van der Waals surface area (Å²) in [6.07, 6.45) is 1.69. The lowest BCUT2D eigenvalue weighted by Crippen LogP contribution is -2.43. The zero-order valence-corrected chi connectivity index (χ0v) is 17.4. The molecule has 1 heterocycles. The topological polar surface area (TPSA) is 64.4 Å². The normalized spacial score (nSPS) is 15.7. The Morgan fingerprint density at radius 2 is 1.81 bits per heavy atom. The number of rotatable bonds is 5. The van der Waals surface area contributed by atoms with Gasteiger partial charge in [-0.2, -0.15) is 0 Å². The van der Waals surface area contributed by atoms with Gasteiger partial charge in [0.25, 0.3) is 0 Å². The van der Waals surface area contributed by atoms with Gasteiger partial charge in [0, 0.05) is 28.7 Å². The largest absolute Gasteiger partial charge is 0.381 e. The van der Waals surface area contributed by atoms with Crippen molar-refractivity contribution in [1.29, 1.82) is 0 Å².